The average molecular weight is 368 g/mol. The van der Waals surface area contributed by atoms with Crippen molar-refractivity contribution in [2.24, 2.45) is 5.92 Å². The molecule has 3 rings (SSSR count). The van der Waals surface area contributed by atoms with Crippen LogP contribution in [0.2, 0.25) is 0 Å². The predicted octanol–water partition coefficient (Wildman–Crippen LogP) is 1.06. The van der Waals surface area contributed by atoms with Crippen molar-refractivity contribution >= 4 is 39.1 Å². The number of anilines is 1. The number of sulfone groups is 1. The normalized spacial score (nSPS) is 25.9. The molecule has 1 aromatic carbocycles. The van der Waals surface area contributed by atoms with Crippen molar-refractivity contribution in [1.29, 1.82) is 0 Å². The summed E-state index contributed by atoms with van der Waals surface area (Å²) in [6.07, 6.45) is 2.60. The zero-order valence-corrected chi connectivity index (χ0v) is 15.0. The fourth-order valence-electron chi connectivity index (χ4n) is 3.12. The molecule has 0 radical (unpaired) electrons. The van der Waals surface area contributed by atoms with Gasteiger partial charge in [-0.15, -0.1) is 11.8 Å². The summed E-state index contributed by atoms with van der Waals surface area (Å²) in [5, 5.41) is 2.79. The highest BCUT2D eigenvalue weighted by molar-refractivity contribution is 7.98. The van der Waals surface area contributed by atoms with Crippen LogP contribution in [0.5, 0.6) is 0 Å². The number of nitrogens with zero attached hydrogens (tertiary/aromatic N) is 1. The monoisotopic (exact) mass is 368 g/mol. The molecule has 0 saturated carbocycles. The molecule has 6 nitrogen and oxygen atoms in total. The molecule has 0 aliphatic carbocycles. The van der Waals surface area contributed by atoms with Gasteiger partial charge in [-0.2, -0.15) is 0 Å². The van der Waals surface area contributed by atoms with Crippen LogP contribution in [0.4, 0.5) is 5.69 Å². The second-order valence-electron chi connectivity index (χ2n) is 6.21. The number of amides is 2. The summed E-state index contributed by atoms with van der Waals surface area (Å²) in [7, 11) is -3.03. The molecule has 2 aliphatic heterocycles. The van der Waals surface area contributed by atoms with Gasteiger partial charge in [0.25, 0.3) is 0 Å². The first-order valence-corrected chi connectivity index (χ1v) is 10.9. The van der Waals surface area contributed by atoms with Crippen LogP contribution in [0.3, 0.4) is 0 Å². The first kappa shape index (κ1) is 17.3. The Morgan fingerprint density at radius 1 is 1.29 bits per heavy atom. The number of carbonyl (C=O) groups is 2. The van der Waals surface area contributed by atoms with Gasteiger partial charge in [-0.25, -0.2) is 8.42 Å². The summed E-state index contributed by atoms with van der Waals surface area (Å²) in [5.41, 5.74) is 0.788. The van der Waals surface area contributed by atoms with Gasteiger partial charge in [0.15, 0.2) is 9.84 Å². The van der Waals surface area contributed by atoms with Crippen molar-refractivity contribution in [2.45, 2.75) is 23.8 Å². The van der Waals surface area contributed by atoms with E-state index in [1.165, 1.54) is 0 Å². The van der Waals surface area contributed by atoms with E-state index in [9.17, 15) is 18.0 Å². The number of benzene rings is 1. The number of rotatable bonds is 4. The Hall–Kier alpha value is -1.54. The first-order chi connectivity index (χ1) is 11.4. The summed E-state index contributed by atoms with van der Waals surface area (Å²) < 4.78 is 22.9. The molecule has 8 heteroatoms. The van der Waals surface area contributed by atoms with Gasteiger partial charge in [0.1, 0.15) is 0 Å². The lowest BCUT2D eigenvalue weighted by Crippen LogP contribution is -2.40. The van der Waals surface area contributed by atoms with Crippen molar-refractivity contribution in [1.82, 2.24) is 5.32 Å². The van der Waals surface area contributed by atoms with Gasteiger partial charge in [0.2, 0.25) is 11.8 Å². The van der Waals surface area contributed by atoms with E-state index in [1.807, 2.05) is 30.5 Å². The molecule has 1 N–H and O–H groups in total. The van der Waals surface area contributed by atoms with E-state index >= 15 is 0 Å². The van der Waals surface area contributed by atoms with Crippen LogP contribution >= 0.6 is 11.8 Å². The fraction of sp³-hybridized carbons (Fsp3) is 0.500. The summed E-state index contributed by atoms with van der Waals surface area (Å²) >= 11 is 1.63. The molecule has 2 amide bonds. The van der Waals surface area contributed by atoms with Gasteiger partial charge in [0.05, 0.1) is 17.4 Å². The van der Waals surface area contributed by atoms with Crippen LogP contribution in [-0.4, -0.2) is 50.6 Å². The first-order valence-electron chi connectivity index (χ1n) is 7.83. The maximum Gasteiger partial charge on any atom is 0.227 e. The lowest BCUT2D eigenvalue weighted by Gasteiger charge is -2.18. The Labute approximate surface area is 145 Å². The lowest BCUT2D eigenvalue weighted by molar-refractivity contribution is -0.126. The maximum atomic E-state index is 12.3. The van der Waals surface area contributed by atoms with Crippen molar-refractivity contribution in [3.63, 3.8) is 0 Å². The molecule has 0 unspecified atom stereocenters. The maximum absolute atomic E-state index is 12.3. The molecule has 1 aromatic rings. The number of hydrogen-bond acceptors (Lipinski definition) is 5. The van der Waals surface area contributed by atoms with E-state index in [0.717, 1.165) is 10.6 Å². The highest BCUT2D eigenvalue weighted by Gasteiger charge is 2.37. The highest BCUT2D eigenvalue weighted by Crippen LogP contribution is 2.27. The second-order valence-corrected chi connectivity index (χ2v) is 9.32. The molecule has 0 aromatic heterocycles. The van der Waals surface area contributed by atoms with Crippen molar-refractivity contribution < 1.29 is 18.0 Å². The van der Waals surface area contributed by atoms with E-state index in [4.69, 9.17) is 0 Å². The Balaban J connectivity index is 1.62. The molecule has 24 heavy (non-hydrogen) atoms. The zero-order chi connectivity index (χ0) is 17.3. The minimum absolute atomic E-state index is 0.000727. The van der Waals surface area contributed by atoms with Gasteiger partial charge < -0.3 is 10.2 Å². The van der Waals surface area contributed by atoms with Crippen LogP contribution in [-0.2, 0) is 19.4 Å². The molecule has 130 valence electrons. The van der Waals surface area contributed by atoms with Crippen molar-refractivity contribution in [2.75, 3.05) is 29.2 Å². The van der Waals surface area contributed by atoms with E-state index in [-0.39, 0.29) is 35.8 Å². The third-order valence-corrected chi connectivity index (χ3v) is 6.97. The van der Waals surface area contributed by atoms with Gasteiger partial charge in [-0.3, -0.25) is 9.59 Å². The standard InChI is InChI=1S/C16H20N2O4S2/c1-23-14-4-2-13(3-5-14)18-9-11(8-15(18)19)16(20)17-12-6-7-24(21,22)10-12/h2-5,11-12H,6-10H2,1H3,(H,17,20)/t11-,12-/m0/s1. The smallest absolute Gasteiger partial charge is 0.227 e. The molecule has 0 spiro atoms. The van der Waals surface area contributed by atoms with Gasteiger partial charge in [0, 0.05) is 29.6 Å². The fourth-order valence-corrected chi connectivity index (χ4v) is 5.20. The number of carbonyl (C=O) groups excluding carboxylic acids is 2. The van der Waals surface area contributed by atoms with E-state index in [2.05, 4.69) is 5.32 Å². The number of hydrogen-bond donors (Lipinski definition) is 1. The van der Waals surface area contributed by atoms with Gasteiger partial charge in [-0.1, -0.05) is 0 Å². The summed E-state index contributed by atoms with van der Waals surface area (Å²) in [6.45, 7) is 0.336. The molecule has 0 bridgehead atoms. The minimum atomic E-state index is -3.03. The molecule has 2 saturated heterocycles. The largest absolute Gasteiger partial charge is 0.352 e. The number of thioether (sulfide) groups is 1. The Kier molecular flexibility index (Phi) is 4.87. The van der Waals surface area contributed by atoms with Crippen LogP contribution in [0, 0.1) is 5.92 Å². The Morgan fingerprint density at radius 3 is 2.58 bits per heavy atom. The molecule has 2 heterocycles. The third-order valence-electron chi connectivity index (χ3n) is 4.46. The minimum Gasteiger partial charge on any atom is -0.352 e. The van der Waals surface area contributed by atoms with Crippen LogP contribution < -0.4 is 10.2 Å². The zero-order valence-electron chi connectivity index (χ0n) is 13.4. The lowest BCUT2D eigenvalue weighted by atomic mass is 10.1. The van der Waals surface area contributed by atoms with Crippen molar-refractivity contribution in [3.8, 4) is 0 Å². The van der Waals surface area contributed by atoms with E-state index in [1.54, 1.807) is 16.7 Å². The quantitative estimate of drug-likeness (QED) is 0.804. The van der Waals surface area contributed by atoms with Crippen LogP contribution in [0.15, 0.2) is 29.2 Å². The summed E-state index contributed by atoms with van der Waals surface area (Å²) in [6, 6.07) is 7.34. The highest BCUT2D eigenvalue weighted by atomic mass is 32.2. The topological polar surface area (TPSA) is 83.6 Å². The molecular formula is C16H20N2O4S2. The van der Waals surface area contributed by atoms with Crippen LogP contribution in [0.1, 0.15) is 12.8 Å². The average Bonchev–Trinajstić information content (AvgIpc) is 3.10. The van der Waals surface area contributed by atoms with Crippen molar-refractivity contribution in [3.05, 3.63) is 24.3 Å². The van der Waals surface area contributed by atoms with Gasteiger partial charge in [-0.05, 0) is 36.9 Å². The Morgan fingerprint density at radius 2 is 2.00 bits per heavy atom. The molecule has 2 aliphatic rings. The second kappa shape index (κ2) is 6.76. The predicted molar refractivity (Wildman–Crippen MR) is 93.9 cm³/mol. The third kappa shape index (κ3) is 3.75. The van der Waals surface area contributed by atoms with E-state index in [0.29, 0.717) is 13.0 Å². The van der Waals surface area contributed by atoms with E-state index < -0.39 is 15.8 Å². The summed E-state index contributed by atoms with van der Waals surface area (Å²) in [4.78, 5) is 27.3. The molecular weight excluding hydrogens is 348 g/mol. The SMILES string of the molecule is CSc1ccc(N2C[C@@H](C(=O)N[C@H]3CCS(=O)(=O)C3)CC2=O)cc1. The molecule has 2 fully saturated rings. The van der Waals surface area contributed by atoms with Crippen LogP contribution in [0.25, 0.3) is 0 Å². The molecule has 2 atom stereocenters. The summed E-state index contributed by atoms with van der Waals surface area (Å²) in [5.74, 6) is -0.616. The Bertz CT molecular complexity index is 746. The van der Waals surface area contributed by atoms with Gasteiger partial charge >= 0.3 is 0 Å². The number of nitrogens with one attached hydrogen (secondary N) is 1.